The lowest BCUT2D eigenvalue weighted by atomic mass is 9.71. The summed E-state index contributed by atoms with van der Waals surface area (Å²) in [5.74, 6) is -1.23. The van der Waals surface area contributed by atoms with Crippen molar-refractivity contribution in [2.24, 2.45) is 17.1 Å². The fraction of sp³-hybridized carbons (Fsp3) is 0.535. The lowest BCUT2D eigenvalue weighted by Gasteiger charge is -2.55. The first-order valence-corrected chi connectivity index (χ1v) is 20.7. The van der Waals surface area contributed by atoms with Crippen LogP contribution in [0.5, 0.6) is 5.75 Å². The minimum Gasteiger partial charge on any atom is -0.490 e. The van der Waals surface area contributed by atoms with Crippen LogP contribution in [-0.4, -0.2) is 80.8 Å². The molecule has 3 aromatic heterocycles. The molecule has 0 bridgehead atoms. The van der Waals surface area contributed by atoms with E-state index in [0.717, 1.165) is 99.9 Å². The minimum atomic E-state index is -0.754. The zero-order valence-electron chi connectivity index (χ0n) is 32.7. The van der Waals surface area contributed by atoms with Crippen molar-refractivity contribution in [3.05, 3.63) is 76.2 Å². The molecule has 9 rings (SSSR count). The van der Waals surface area contributed by atoms with Crippen LogP contribution in [0.15, 0.2) is 53.7 Å². The van der Waals surface area contributed by atoms with E-state index in [0.29, 0.717) is 34.7 Å². The molecule has 3 amide bonds. The van der Waals surface area contributed by atoms with E-state index in [9.17, 15) is 19.2 Å². The quantitative estimate of drug-likeness (QED) is 0.200. The molecule has 300 valence electrons. The van der Waals surface area contributed by atoms with Gasteiger partial charge in [0.05, 0.1) is 29.1 Å². The first-order valence-electron chi connectivity index (χ1n) is 20.7. The SMILES string of the molecule is CC(C)Oc1cc2nn(C3CCC(CN4CC5(CCN(c6ncc(C7CCC(=O)N(c8cccn(C9CC9)c8=O)C7=O)cc6F)CC5)C4)CC3)cc2cc1C(N)=O. The van der Waals surface area contributed by atoms with Crippen LogP contribution in [0.2, 0.25) is 0 Å². The number of nitrogens with zero attached hydrogens (tertiary/aromatic N) is 7. The number of carbonyl (C=O) groups excluding carboxylic acids is 3. The molecule has 57 heavy (non-hydrogen) atoms. The molecule has 3 aliphatic heterocycles. The van der Waals surface area contributed by atoms with Crippen LogP contribution >= 0.6 is 0 Å². The number of ether oxygens (including phenoxy) is 1. The molecule has 2 aliphatic carbocycles. The second kappa shape index (κ2) is 14.7. The molecule has 0 radical (unpaired) electrons. The highest BCUT2D eigenvalue weighted by Gasteiger charge is 2.46. The number of hydrogen-bond donors (Lipinski definition) is 1. The summed E-state index contributed by atoms with van der Waals surface area (Å²) in [6.07, 6.45) is 13.7. The Morgan fingerprint density at radius 1 is 1.00 bits per heavy atom. The normalized spacial score (nSPS) is 24.0. The maximum absolute atomic E-state index is 15.7. The van der Waals surface area contributed by atoms with Crippen LogP contribution in [0.4, 0.5) is 15.9 Å². The summed E-state index contributed by atoms with van der Waals surface area (Å²) in [4.78, 5) is 62.1. The smallest absolute Gasteiger partial charge is 0.275 e. The second-order valence-corrected chi connectivity index (χ2v) is 17.4. The van der Waals surface area contributed by atoms with Crippen molar-refractivity contribution in [2.75, 3.05) is 42.5 Å². The molecule has 2 saturated carbocycles. The Kier molecular flexibility index (Phi) is 9.65. The number of aromatic nitrogens is 4. The van der Waals surface area contributed by atoms with Gasteiger partial charge in [0.15, 0.2) is 11.6 Å². The van der Waals surface area contributed by atoms with E-state index in [-0.39, 0.29) is 41.6 Å². The highest BCUT2D eigenvalue weighted by atomic mass is 19.1. The number of likely N-dealkylation sites (tertiary alicyclic amines) is 1. The van der Waals surface area contributed by atoms with Crippen LogP contribution in [0.3, 0.4) is 0 Å². The van der Waals surface area contributed by atoms with E-state index in [1.807, 2.05) is 31.0 Å². The maximum Gasteiger partial charge on any atom is 0.275 e. The molecule has 3 saturated heterocycles. The zero-order valence-corrected chi connectivity index (χ0v) is 32.7. The molecular formula is C43H51FN8O5. The average molecular weight is 779 g/mol. The Morgan fingerprint density at radius 3 is 2.42 bits per heavy atom. The Balaban J connectivity index is 0.764. The highest BCUT2D eigenvalue weighted by Crippen LogP contribution is 2.44. The van der Waals surface area contributed by atoms with Crippen LogP contribution in [-0.2, 0) is 9.59 Å². The third kappa shape index (κ3) is 7.21. The van der Waals surface area contributed by atoms with Gasteiger partial charge < -0.3 is 24.8 Å². The van der Waals surface area contributed by atoms with E-state index in [1.165, 1.54) is 12.1 Å². The van der Waals surface area contributed by atoms with Gasteiger partial charge in [-0.15, -0.1) is 0 Å². The Labute approximate surface area is 330 Å². The second-order valence-electron chi connectivity index (χ2n) is 17.4. The fourth-order valence-corrected chi connectivity index (χ4v) is 9.82. The summed E-state index contributed by atoms with van der Waals surface area (Å²) >= 11 is 0. The predicted octanol–water partition coefficient (Wildman–Crippen LogP) is 5.72. The molecular weight excluding hydrogens is 728 g/mol. The van der Waals surface area contributed by atoms with Gasteiger partial charge in [-0.2, -0.15) is 5.10 Å². The first-order chi connectivity index (χ1) is 27.4. The third-order valence-corrected chi connectivity index (χ3v) is 13.0. The summed E-state index contributed by atoms with van der Waals surface area (Å²) in [6, 6.07) is 8.65. The average Bonchev–Trinajstić information content (AvgIpc) is 3.93. The Hall–Kier alpha value is -5.11. The van der Waals surface area contributed by atoms with Gasteiger partial charge in [0.2, 0.25) is 11.8 Å². The number of halogens is 1. The van der Waals surface area contributed by atoms with Gasteiger partial charge in [-0.3, -0.25) is 23.9 Å². The van der Waals surface area contributed by atoms with E-state index >= 15 is 4.39 Å². The van der Waals surface area contributed by atoms with Gasteiger partial charge in [0.1, 0.15) is 11.4 Å². The van der Waals surface area contributed by atoms with Crippen molar-refractivity contribution in [1.82, 2.24) is 24.2 Å². The Morgan fingerprint density at radius 2 is 1.74 bits per heavy atom. The molecule has 1 spiro atoms. The van der Waals surface area contributed by atoms with E-state index in [1.54, 1.807) is 29.1 Å². The molecule has 1 unspecified atom stereocenters. The van der Waals surface area contributed by atoms with Crippen molar-refractivity contribution in [1.29, 1.82) is 0 Å². The summed E-state index contributed by atoms with van der Waals surface area (Å²) in [5.41, 5.74) is 7.23. The van der Waals surface area contributed by atoms with Crippen molar-refractivity contribution >= 4 is 40.1 Å². The lowest BCUT2D eigenvalue weighted by Crippen LogP contribution is -2.61. The Bertz CT molecular complexity index is 2280. The number of fused-ring (bicyclic) bond motifs is 1. The van der Waals surface area contributed by atoms with Crippen LogP contribution in [0.1, 0.15) is 112 Å². The van der Waals surface area contributed by atoms with Gasteiger partial charge in [-0.05, 0) is 113 Å². The summed E-state index contributed by atoms with van der Waals surface area (Å²) in [5, 5.41) is 5.76. The predicted molar refractivity (Wildman–Crippen MR) is 213 cm³/mol. The standard InChI is InChI=1S/C43H51FN8O5/c1-26(2)57-37-20-35-29(18-33(37)39(45)54)23-51(47-35)31-7-5-27(6-8-31)22-48-24-43(25-48)13-16-49(17-14-43)40-34(44)19-28(21-46-40)32-11-12-38(53)52(41(32)55)36-4-3-15-50(42(36)56)30-9-10-30/h3-4,15,18-21,23,26-27,30-32H,5-14,16-17,22,24-25H2,1-2H3,(H2,45,54). The third-order valence-electron chi connectivity index (χ3n) is 13.0. The monoisotopic (exact) mass is 778 g/mol. The van der Waals surface area contributed by atoms with Crippen LogP contribution < -0.4 is 25.8 Å². The van der Waals surface area contributed by atoms with Gasteiger partial charge >= 0.3 is 0 Å². The molecule has 4 aromatic rings. The first kappa shape index (κ1) is 37.5. The van der Waals surface area contributed by atoms with Crippen molar-refractivity contribution < 1.29 is 23.5 Å². The number of benzene rings is 1. The number of hydrogen-bond acceptors (Lipinski definition) is 9. The van der Waals surface area contributed by atoms with E-state index in [2.05, 4.69) is 14.6 Å². The van der Waals surface area contributed by atoms with Gasteiger partial charge in [0.25, 0.3) is 11.5 Å². The number of imide groups is 1. The molecule has 5 aliphatic rings. The van der Waals surface area contributed by atoms with Crippen molar-refractivity contribution in [3.8, 4) is 5.75 Å². The minimum absolute atomic E-state index is 0.0629. The highest BCUT2D eigenvalue weighted by molar-refractivity contribution is 6.18. The van der Waals surface area contributed by atoms with Crippen molar-refractivity contribution in [3.63, 3.8) is 0 Å². The van der Waals surface area contributed by atoms with Crippen LogP contribution in [0.25, 0.3) is 10.9 Å². The summed E-state index contributed by atoms with van der Waals surface area (Å²) in [6.45, 7) is 8.50. The molecule has 2 N–H and O–H groups in total. The topological polar surface area (TPSA) is 149 Å². The number of anilines is 2. The molecule has 14 heteroatoms. The van der Waals surface area contributed by atoms with Gasteiger partial charge in [-0.25, -0.2) is 14.3 Å². The molecule has 6 heterocycles. The van der Waals surface area contributed by atoms with E-state index < -0.39 is 29.5 Å². The maximum atomic E-state index is 15.7. The van der Waals surface area contributed by atoms with Crippen LogP contribution in [0, 0.1) is 17.2 Å². The summed E-state index contributed by atoms with van der Waals surface area (Å²) in [7, 11) is 0. The lowest BCUT2D eigenvalue weighted by molar-refractivity contribution is -0.130. The fourth-order valence-electron chi connectivity index (χ4n) is 9.82. The number of rotatable bonds is 10. The molecule has 5 fully saturated rings. The van der Waals surface area contributed by atoms with Gasteiger partial charge in [0, 0.05) is 75.2 Å². The molecule has 1 aromatic carbocycles. The van der Waals surface area contributed by atoms with E-state index in [4.69, 9.17) is 15.6 Å². The number of primary amides is 1. The van der Waals surface area contributed by atoms with Crippen molar-refractivity contribution in [2.45, 2.75) is 102 Å². The number of pyridine rings is 2. The number of piperidine rings is 2. The summed E-state index contributed by atoms with van der Waals surface area (Å²) < 4.78 is 25.3. The number of amides is 3. The number of nitrogens with two attached hydrogens (primary N) is 1. The van der Waals surface area contributed by atoms with Gasteiger partial charge in [-0.1, -0.05) is 0 Å². The largest absolute Gasteiger partial charge is 0.490 e. The number of carbonyl (C=O) groups is 3. The molecule has 1 atom stereocenters. The molecule has 13 nitrogen and oxygen atoms in total. The zero-order chi connectivity index (χ0) is 39.6.